The Hall–Kier alpha value is -0.460. The molecule has 2 aromatic carbocycles. The van der Waals surface area contributed by atoms with Crippen molar-refractivity contribution in [2.45, 2.75) is 19.4 Å². The average molecular weight is 448 g/mol. The van der Waals surface area contributed by atoms with E-state index in [4.69, 9.17) is 0 Å². The summed E-state index contributed by atoms with van der Waals surface area (Å²) in [6.45, 7) is 2.12. The summed E-state index contributed by atoms with van der Waals surface area (Å²) in [6.07, 6.45) is 0.828. The van der Waals surface area contributed by atoms with Gasteiger partial charge in [-0.3, -0.25) is 0 Å². The van der Waals surface area contributed by atoms with Crippen molar-refractivity contribution in [1.82, 2.24) is 5.32 Å². The zero-order valence-electron chi connectivity index (χ0n) is 11.4. The lowest BCUT2D eigenvalue weighted by atomic mass is 9.98. The summed E-state index contributed by atoms with van der Waals surface area (Å²) in [6, 6.07) is 11.8. The maximum Gasteiger partial charge on any atom is 0.137 e. The first kappa shape index (κ1) is 15.9. The fraction of sp³-hybridized carbons (Fsp3) is 0.250. The van der Waals surface area contributed by atoms with E-state index in [1.54, 1.807) is 0 Å². The summed E-state index contributed by atoms with van der Waals surface area (Å²) < 4.78 is 15.1. The second kappa shape index (κ2) is 7.00. The first-order valence-corrected chi connectivity index (χ1v) is 8.26. The Labute approximate surface area is 141 Å². The smallest absolute Gasteiger partial charge is 0.137 e. The predicted molar refractivity (Wildman–Crippen MR) is 93.5 cm³/mol. The highest BCUT2D eigenvalue weighted by Crippen LogP contribution is 2.27. The number of rotatable bonds is 4. The van der Waals surface area contributed by atoms with E-state index in [0.29, 0.717) is 4.47 Å². The van der Waals surface area contributed by atoms with E-state index < -0.39 is 0 Å². The Kier molecular flexibility index (Phi) is 5.57. The minimum Gasteiger partial charge on any atom is -0.313 e. The Bertz CT molecular complexity index is 615. The molecule has 0 fully saturated rings. The molecule has 0 aliphatic rings. The van der Waals surface area contributed by atoms with Crippen molar-refractivity contribution < 1.29 is 4.39 Å². The molecule has 0 saturated carbocycles. The SMILES string of the molecule is CNC(Cc1ccc(F)c(Br)c1)c1cccc(C)c1I. The van der Waals surface area contributed by atoms with Gasteiger partial charge in [0.05, 0.1) is 4.47 Å². The first-order chi connectivity index (χ1) is 9.52. The van der Waals surface area contributed by atoms with Crippen LogP contribution in [0.2, 0.25) is 0 Å². The third kappa shape index (κ3) is 3.59. The molecule has 20 heavy (non-hydrogen) atoms. The van der Waals surface area contributed by atoms with Gasteiger partial charge >= 0.3 is 0 Å². The molecular weight excluding hydrogens is 432 g/mol. The van der Waals surface area contributed by atoms with Crippen molar-refractivity contribution in [1.29, 1.82) is 0 Å². The zero-order valence-corrected chi connectivity index (χ0v) is 15.1. The minimum absolute atomic E-state index is 0.221. The highest BCUT2D eigenvalue weighted by atomic mass is 127. The summed E-state index contributed by atoms with van der Waals surface area (Å²) in [5.74, 6) is -0.222. The molecule has 1 unspecified atom stereocenters. The van der Waals surface area contributed by atoms with E-state index >= 15 is 0 Å². The molecule has 1 nitrogen and oxygen atoms in total. The molecule has 106 valence electrons. The van der Waals surface area contributed by atoms with E-state index in [0.717, 1.165) is 12.0 Å². The third-order valence-electron chi connectivity index (χ3n) is 3.37. The topological polar surface area (TPSA) is 12.0 Å². The molecule has 0 heterocycles. The molecule has 4 heteroatoms. The van der Waals surface area contributed by atoms with Crippen LogP contribution >= 0.6 is 38.5 Å². The maximum absolute atomic E-state index is 13.3. The second-order valence-corrected chi connectivity index (χ2v) is 6.71. The molecule has 2 rings (SSSR count). The van der Waals surface area contributed by atoms with Crippen LogP contribution < -0.4 is 5.32 Å². The highest BCUT2D eigenvalue weighted by molar-refractivity contribution is 14.1. The van der Waals surface area contributed by atoms with E-state index in [9.17, 15) is 4.39 Å². The monoisotopic (exact) mass is 447 g/mol. The van der Waals surface area contributed by atoms with Crippen LogP contribution in [0.15, 0.2) is 40.9 Å². The van der Waals surface area contributed by atoms with Crippen molar-refractivity contribution in [3.05, 3.63) is 66.9 Å². The fourth-order valence-corrected chi connectivity index (χ4v) is 3.37. The molecule has 0 aromatic heterocycles. The molecule has 0 radical (unpaired) electrons. The number of aryl methyl sites for hydroxylation is 1. The largest absolute Gasteiger partial charge is 0.313 e. The van der Waals surface area contributed by atoms with Gasteiger partial charge < -0.3 is 5.32 Å². The summed E-state index contributed by atoms with van der Waals surface area (Å²) in [7, 11) is 1.96. The van der Waals surface area contributed by atoms with Gasteiger partial charge in [-0.25, -0.2) is 4.39 Å². The Morgan fingerprint density at radius 2 is 2.05 bits per heavy atom. The zero-order chi connectivity index (χ0) is 14.7. The van der Waals surface area contributed by atoms with Gasteiger partial charge in [-0.1, -0.05) is 24.3 Å². The lowest BCUT2D eigenvalue weighted by Gasteiger charge is -2.19. The van der Waals surface area contributed by atoms with E-state index in [1.165, 1.54) is 20.8 Å². The maximum atomic E-state index is 13.3. The molecule has 0 spiro atoms. The first-order valence-electron chi connectivity index (χ1n) is 6.39. The number of halogens is 3. The van der Waals surface area contributed by atoms with Crippen molar-refractivity contribution in [2.75, 3.05) is 7.05 Å². The van der Waals surface area contributed by atoms with Crippen LogP contribution in [0.25, 0.3) is 0 Å². The minimum atomic E-state index is -0.222. The Morgan fingerprint density at radius 3 is 2.70 bits per heavy atom. The van der Waals surface area contributed by atoms with E-state index in [-0.39, 0.29) is 11.9 Å². The summed E-state index contributed by atoms with van der Waals surface area (Å²) >= 11 is 5.63. The normalized spacial score (nSPS) is 12.4. The van der Waals surface area contributed by atoms with Gasteiger partial charge in [0, 0.05) is 9.61 Å². The van der Waals surface area contributed by atoms with Crippen LogP contribution in [0.5, 0.6) is 0 Å². The lowest BCUT2D eigenvalue weighted by molar-refractivity contribution is 0.585. The van der Waals surface area contributed by atoms with Crippen molar-refractivity contribution >= 4 is 38.5 Å². The molecule has 0 aliphatic carbocycles. The predicted octanol–water partition coefficient (Wildman–Crippen LogP) is 5.00. The Balaban J connectivity index is 2.28. The summed E-state index contributed by atoms with van der Waals surface area (Å²) in [4.78, 5) is 0. The number of hydrogen-bond donors (Lipinski definition) is 1. The van der Waals surface area contributed by atoms with Crippen LogP contribution in [0.3, 0.4) is 0 Å². The summed E-state index contributed by atoms with van der Waals surface area (Å²) in [5, 5.41) is 3.36. The van der Waals surface area contributed by atoms with Crippen molar-refractivity contribution in [2.24, 2.45) is 0 Å². The van der Waals surface area contributed by atoms with Gasteiger partial charge in [0.15, 0.2) is 0 Å². The van der Waals surface area contributed by atoms with Crippen molar-refractivity contribution in [3.63, 3.8) is 0 Å². The van der Waals surface area contributed by atoms with E-state index in [1.807, 2.05) is 19.2 Å². The molecule has 1 atom stereocenters. The summed E-state index contributed by atoms with van der Waals surface area (Å²) in [5.41, 5.74) is 3.67. The number of likely N-dealkylation sites (N-methyl/N-ethyl adjacent to an activating group) is 1. The third-order valence-corrected chi connectivity index (χ3v) is 5.45. The molecule has 0 aliphatic heterocycles. The van der Waals surface area contributed by atoms with Gasteiger partial charge in [0.1, 0.15) is 5.82 Å². The van der Waals surface area contributed by atoms with Crippen molar-refractivity contribution in [3.8, 4) is 0 Å². The number of nitrogens with one attached hydrogen (secondary N) is 1. The van der Waals surface area contributed by atoms with E-state index in [2.05, 4.69) is 69.0 Å². The van der Waals surface area contributed by atoms with Gasteiger partial charge in [-0.2, -0.15) is 0 Å². The van der Waals surface area contributed by atoms with Crippen LogP contribution in [0.4, 0.5) is 4.39 Å². The van der Waals surface area contributed by atoms with Crippen LogP contribution in [-0.2, 0) is 6.42 Å². The lowest BCUT2D eigenvalue weighted by Crippen LogP contribution is -2.20. The van der Waals surface area contributed by atoms with Gasteiger partial charge in [0.2, 0.25) is 0 Å². The van der Waals surface area contributed by atoms with Gasteiger partial charge in [-0.15, -0.1) is 0 Å². The second-order valence-electron chi connectivity index (χ2n) is 4.77. The molecule has 0 bridgehead atoms. The Morgan fingerprint density at radius 1 is 1.30 bits per heavy atom. The number of benzene rings is 2. The molecule has 1 N–H and O–H groups in total. The molecule has 2 aromatic rings. The highest BCUT2D eigenvalue weighted by Gasteiger charge is 2.15. The van der Waals surface area contributed by atoms with Crippen LogP contribution in [-0.4, -0.2) is 7.05 Å². The quantitative estimate of drug-likeness (QED) is 0.650. The van der Waals surface area contributed by atoms with Gasteiger partial charge in [-0.05, 0) is 87.7 Å². The van der Waals surface area contributed by atoms with Crippen LogP contribution in [0, 0.1) is 16.3 Å². The fourth-order valence-electron chi connectivity index (χ4n) is 2.21. The average Bonchev–Trinajstić information content (AvgIpc) is 2.43. The van der Waals surface area contributed by atoms with Gasteiger partial charge in [0.25, 0.3) is 0 Å². The van der Waals surface area contributed by atoms with Crippen LogP contribution in [0.1, 0.15) is 22.7 Å². The standard InChI is InChI=1S/C16H16BrFIN/c1-10-4-3-5-12(16(10)19)15(20-2)9-11-6-7-14(18)13(17)8-11/h3-8,15,20H,9H2,1-2H3. The molecule has 0 saturated heterocycles. The molecular formula is C16H16BrFIN. The number of hydrogen-bond acceptors (Lipinski definition) is 1. The molecule has 0 amide bonds.